The predicted molar refractivity (Wildman–Crippen MR) is 49.4 cm³/mol. The van der Waals surface area contributed by atoms with Gasteiger partial charge in [-0.15, -0.1) is 0 Å². The zero-order chi connectivity index (χ0) is 9.84. The molecule has 1 aromatic rings. The molecule has 4 nitrogen and oxygen atoms in total. The third kappa shape index (κ3) is 2.26. The van der Waals surface area contributed by atoms with Gasteiger partial charge in [0.15, 0.2) is 0 Å². The first-order chi connectivity index (χ1) is 6.15. The van der Waals surface area contributed by atoms with Crippen molar-refractivity contribution >= 4 is 5.69 Å². The zero-order valence-electron chi connectivity index (χ0n) is 7.73. The lowest BCUT2D eigenvalue weighted by Crippen LogP contribution is -2.80. The molecule has 4 heteroatoms. The number of non-ortho nitro benzene ring substituents is 1. The van der Waals surface area contributed by atoms with E-state index >= 15 is 0 Å². The second kappa shape index (κ2) is 4.00. The third-order valence-corrected chi connectivity index (χ3v) is 2.11. The van der Waals surface area contributed by atoms with Crippen LogP contribution in [0.3, 0.4) is 0 Å². The monoisotopic (exact) mass is 181 g/mol. The minimum atomic E-state index is -0.369. The van der Waals surface area contributed by atoms with Gasteiger partial charge in [-0.1, -0.05) is 12.1 Å². The summed E-state index contributed by atoms with van der Waals surface area (Å²) in [6.45, 7) is 2.01. The molecule has 0 saturated heterocycles. The Morgan fingerprint density at radius 3 is 2.77 bits per heavy atom. The van der Waals surface area contributed by atoms with E-state index in [0.29, 0.717) is 0 Å². The molecule has 2 N–H and O–H groups in total. The number of nitro benzene ring substituents is 1. The van der Waals surface area contributed by atoms with Gasteiger partial charge in [-0.05, 0) is 6.92 Å². The summed E-state index contributed by atoms with van der Waals surface area (Å²) in [6.07, 6.45) is 0. The Hall–Kier alpha value is -1.42. The van der Waals surface area contributed by atoms with E-state index in [9.17, 15) is 10.1 Å². The standard InChI is InChI=1S/C9H12N2O2/c1-7(10-2)8-4-3-5-9(6-8)11(12)13/h3-7,10H,1-2H3/p+1/t7-/m0/s1. The lowest BCUT2D eigenvalue weighted by molar-refractivity contribution is -0.666. The van der Waals surface area contributed by atoms with Crippen LogP contribution in [0.4, 0.5) is 5.69 Å². The van der Waals surface area contributed by atoms with E-state index in [1.165, 1.54) is 6.07 Å². The van der Waals surface area contributed by atoms with Crippen LogP contribution in [0.1, 0.15) is 18.5 Å². The highest BCUT2D eigenvalue weighted by Crippen LogP contribution is 2.16. The van der Waals surface area contributed by atoms with Gasteiger partial charge in [-0.25, -0.2) is 0 Å². The average Bonchev–Trinajstić information content (AvgIpc) is 2.17. The Labute approximate surface area is 76.7 Å². The number of nitrogens with two attached hydrogens (primary N) is 1. The normalized spacial score (nSPS) is 12.5. The van der Waals surface area contributed by atoms with Gasteiger partial charge in [0.2, 0.25) is 0 Å². The fourth-order valence-electron chi connectivity index (χ4n) is 1.11. The summed E-state index contributed by atoms with van der Waals surface area (Å²) in [5.41, 5.74) is 1.14. The van der Waals surface area contributed by atoms with E-state index in [1.807, 2.05) is 25.4 Å². The van der Waals surface area contributed by atoms with Gasteiger partial charge in [0.05, 0.1) is 12.0 Å². The van der Waals surface area contributed by atoms with Gasteiger partial charge in [-0.2, -0.15) is 0 Å². The van der Waals surface area contributed by atoms with Crippen molar-refractivity contribution in [3.63, 3.8) is 0 Å². The average molecular weight is 181 g/mol. The molecule has 0 saturated carbocycles. The molecule has 0 aromatic heterocycles. The number of benzene rings is 1. The van der Waals surface area contributed by atoms with Crippen LogP contribution in [0, 0.1) is 10.1 Å². The SMILES string of the molecule is C[NH2+][C@@H](C)c1cccc([N+](=O)[O-])c1. The molecule has 0 aliphatic carbocycles. The van der Waals surface area contributed by atoms with Crippen molar-refractivity contribution in [2.45, 2.75) is 13.0 Å². The van der Waals surface area contributed by atoms with E-state index in [4.69, 9.17) is 0 Å². The Kier molecular flexibility index (Phi) is 2.97. The van der Waals surface area contributed by atoms with Crippen LogP contribution in [0.5, 0.6) is 0 Å². The van der Waals surface area contributed by atoms with Crippen LogP contribution in [0.15, 0.2) is 24.3 Å². The van der Waals surface area contributed by atoms with Gasteiger partial charge < -0.3 is 5.32 Å². The van der Waals surface area contributed by atoms with Crippen molar-refractivity contribution in [2.24, 2.45) is 0 Å². The summed E-state index contributed by atoms with van der Waals surface area (Å²) in [4.78, 5) is 10.1. The Bertz CT molecular complexity index is 312. The molecule has 0 unspecified atom stereocenters. The minimum absolute atomic E-state index is 0.159. The fourth-order valence-corrected chi connectivity index (χ4v) is 1.11. The summed E-state index contributed by atoms with van der Waals surface area (Å²) in [7, 11) is 1.95. The fraction of sp³-hybridized carbons (Fsp3) is 0.333. The van der Waals surface area contributed by atoms with E-state index < -0.39 is 0 Å². The molecular weight excluding hydrogens is 168 g/mol. The highest BCUT2D eigenvalue weighted by molar-refractivity contribution is 5.34. The maximum absolute atomic E-state index is 10.5. The van der Waals surface area contributed by atoms with Crippen LogP contribution in [0.2, 0.25) is 0 Å². The van der Waals surface area contributed by atoms with Crippen LogP contribution in [-0.4, -0.2) is 12.0 Å². The van der Waals surface area contributed by atoms with Crippen molar-refractivity contribution in [1.82, 2.24) is 0 Å². The molecular formula is C9H13N2O2+. The quantitative estimate of drug-likeness (QED) is 0.555. The van der Waals surface area contributed by atoms with Gasteiger partial charge >= 0.3 is 0 Å². The molecule has 0 amide bonds. The highest BCUT2D eigenvalue weighted by atomic mass is 16.6. The second-order valence-corrected chi connectivity index (χ2v) is 2.97. The second-order valence-electron chi connectivity index (χ2n) is 2.97. The number of nitrogens with zero attached hydrogens (tertiary/aromatic N) is 1. The molecule has 0 bridgehead atoms. The molecule has 1 rings (SSSR count). The zero-order valence-corrected chi connectivity index (χ0v) is 7.73. The smallest absolute Gasteiger partial charge is 0.269 e. The molecule has 70 valence electrons. The molecule has 0 heterocycles. The molecule has 0 radical (unpaired) electrons. The van der Waals surface area contributed by atoms with Crippen LogP contribution >= 0.6 is 0 Å². The van der Waals surface area contributed by atoms with E-state index in [0.717, 1.165) is 5.56 Å². The lowest BCUT2D eigenvalue weighted by Gasteiger charge is -2.06. The molecule has 13 heavy (non-hydrogen) atoms. The van der Waals surface area contributed by atoms with Gasteiger partial charge in [0.1, 0.15) is 6.04 Å². The molecule has 0 spiro atoms. The molecule has 0 aliphatic rings. The Morgan fingerprint density at radius 2 is 2.23 bits per heavy atom. The summed E-state index contributed by atoms with van der Waals surface area (Å²) in [5.74, 6) is 0. The molecule has 0 aliphatic heterocycles. The van der Waals surface area contributed by atoms with Gasteiger partial charge in [0.25, 0.3) is 5.69 Å². The minimum Gasteiger partial charge on any atom is -0.343 e. The largest absolute Gasteiger partial charge is 0.343 e. The summed E-state index contributed by atoms with van der Waals surface area (Å²) >= 11 is 0. The predicted octanol–water partition coefficient (Wildman–Crippen LogP) is 0.849. The first kappa shape index (κ1) is 9.67. The number of nitro groups is 1. The molecule has 1 atom stereocenters. The first-order valence-electron chi connectivity index (χ1n) is 4.19. The number of hydrogen-bond acceptors (Lipinski definition) is 2. The Morgan fingerprint density at radius 1 is 1.54 bits per heavy atom. The van der Waals surface area contributed by atoms with Crippen molar-refractivity contribution in [2.75, 3.05) is 7.05 Å². The maximum atomic E-state index is 10.5. The Balaban J connectivity index is 2.98. The summed E-state index contributed by atoms with van der Waals surface area (Å²) < 4.78 is 0. The lowest BCUT2D eigenvalue weighted by atomic mass is 10.1. The van der Waals surface area contributed by atoms with Crippen molar-refractivity contribution in [3.05, 3.63) is 39.9 Å². The first-order valence-corrected chi connectivity index (χ1v) is 4.19. The topological polar surface area (TPSA) is 59.8 Å². The molecule has 1 aromatic carbocycles. The van der Waals surface area contributed by atoms with E-state index in [1.54, 1.807) is 12.1 Å². The summed E-state index contributed by atoms with van der Waals surface area (Å²) in [5, 5.41) is 12.5. The number of quaternary nitrogens is 1. The van der Waals surface area contributed by atoms with Crippen molar-refractivity contribution in [1.29, 1.82) is 0 Å². The highest BCUT2D eigenvalue weighted by Gasteiger charge is 2.10. The van der Waals surface area contributed by atoms with E-state index in [-0.39, 0.29) is 16.7 Å². The number of hydrogen-bond donors (Lipinski definition) is 1. The van der Waals surface area contributed by atoms with Gasteiger partial charge in [0, 0.05) is 17.7 Å². The molecule has 0 fully saturated rings. The third-order valence-electron chi connectivity index (χ3n) is 2.11. The van der Waals surface area contributed by atoms with Crippen molar-refractivity contribution in [3.8, 4) is 0 Å². The van der Waals surface area contributed by atoms with Crippen LogP contribution in [-0.2, 0) is 0 Å². The van der Waals surface area contributed by atoms with Crippen LogP contribution < -0.4 is 5.32 Å². The van der Waals surface area contributed by atoms with Crippen molar-refractivity contribution < 1.29 is 10.2 Å². The van der Waals surface area contributed by atoms with E-state index in [2.05, 4.69) is 0 Å². The van der Waals surface area contributed by atoms with Gasteiger partial charge in [-0.3, -0.25) is 10.1 Å². The number of rotatable bonds is 3. The van der Waals surface area contributed by atoms with Crippen LogP contribution in [0.25, 0.3) is 0 Å². The summed E-state index contributed by atoms with van der Waals surface area (Å²) in [6, 6.07) is 7.00. The maximum Gasteiger partial charge on any atom is 0.269 e.